The maximum atomic E-state index is 12.8. The van der Waals surface area contributed by atoms with E-state index in [0.717, 1.165) is 23.3 Å². The summed E-state index contributed by atoms with van der Waals surface area (Å²) in [5, 5.41) is 9.94. The molecule has 1 aliphatic rings. The van der Waals surface area contributed by atoms with Crippen LogP contribution >= 0.6 is 12.2 Å². The van der Waals surface area contributed by atoms with Gasteiger partial charge < -0.3 is 30.2 Å². The van der Waals surface area contributed by atoms with Crippen molar-refractivity contribution in [1.82, 2.24) is 16.0 Å². The molecule has 1 amide bonds. The Labute approximate surface area is 232 Å². The summed E-state index contributed by atoms with van der Waals surface area (Å²) < 4.78 is 16.5. The summed E-state index contributed by atoms with van der Waals surface area (Å²) in [5.41, 5.74) is 3.48. The fraction of sp³-hybridized carbons (Fsp3) is 0.400. The molecule has 1 aromatic rings. The predicted molar refractivity (Wildman–Crippen MR) is 158 cm³/mol. The van der Waals surface area contributed by atoms with Crippen molar-refractivity contribution in [2.24, 2.45) is 0 Å². The van der Waals surface area contributed by atoms with Gasteiger partial charge in [-0.1, -0.05) is 38.1 Å². The molecule has 7 nitrogen and oxygen atoms in total. The minimum Gasteiger partial charge on any atom is -0.498 e. The van der Waals surface area contributed by atoms with Crippen molar-refractivity contribution in [2.45, 2.75) is 51.4 Å². The average molecular weight is 540 g/mol. The van der Waals surface area contributed by atoms with Crippen LogP contribution in [0.5, 0.6) is 0 Å². The Morgan fingerprint density at radius 3 is 2.45 bits per heavy atom. The van der Waals surface area contributed by atoms with Gasteiger partial charge in [0.05, 0.1) is 7.11 Å². The number of hydrogen-bond acceptors (Lipinski definition) is 5. The fourth-order valence-electron chi connectivity index (χ4n) is 3.92. The number of carbonyl (C=O) groups excluding carboxylic acids is 1. The first-order chi connectivity index (χ1) is 18.3. The minimum absolute atomic E-state index is 0.141. The Kier molecular flexibility index (Phi) is 13.0. The van der Waals surface area contributed by atoms with Gasteiger partial charge in [-0.25, -0.2) is 0 Å². The van der Waals surface area contributed by atoms with Crippen molar-refractivity contribution >= 4 is 23.2 Å². The first kappa shape index (κ1) is 31.0. The molecule has 0 bridgehead atoms. The van der Waals surface area contributed by atoms with E-state index in [9.17, 15) is 4.79 Å². The molecular formula is C30H41N3O4S. The third-order valence-corrected chi connectivity index (χ3v) is 6.38. The van der Waals surface area contributed by atoms with Gasteiger partial charge in [-0.2, -0.15) is 0 Å². The Morgan fingerprint density at radius 1 is 1.16 bits per heavy atom. The smallest absolute Gasteiger partial charge is 0.251 e. The van der Waals surface area contributed by atoms with Crippen LogP contribution in [0.4, 0.5) is 0 Å². The molecular weight excluding hydrogens is 498 g/mol. The normalized spacial score (nSPS) is 19.2. The van der Waals surface area contributed by atoms with E-state index in [1.54, 1.807) is 21.3 Å². The van der Waals surface area contributed by atoms with Crippen LogP contribution in [0.15, 0.2) is 84.3 Å². The Hall–Kier alpha value is -3.20. The summed E-state index contributed by atoms with van der Waals surface area (Å²) in [6.45, 7) is 10.4. The second-order valence-electron chi connectivity index (χ2n) is 9.00. The number of thiocarbonyl (C=S) groups is 1. The number of ether oxygens (including phenoxy) is 3. The Bertz CT molecular complexity index is 1080. The first-order valence-electron chi connectivity index (χ1n) is 12.7. The SMILES string of the molecule is C=CC(C)c1ccc(C(=O)NC(C)/C=C(\C=C/CC)NC(=S)NCC2=CC(OC)C(OC)C(OC)=C2)cc1. The largest absolute Gasteiger partial charge is 0.498 e. The van der Waals surface area contributed by atoms with Crippen molar-refractivity contribution < 1.29 is 19.0 Å². The molecule has 0 saturated heterocycles. The van der Waals surface area contributed by atoms with Gasteiger partial charge in [-0.05, 0) is 79.1 Å². The molecule has 0 aliphatic heterocycles. The number of methoxy groups -OCH3 is 3. The number of benzene rings is 1. The lowest BCUT2D eigenvalue weighted by molar-refractivity contribution is -0.0190. The van der Waals surface area contributed by atoms with Crippen LogP contribution in [0.1, 0.15) is 49.0 Å². The van der Waals surface area contributed by atoms with E-state index in [2.05, 4.69) is 36.4 Å². The van der Waals surface area contributed by atoms with Gasteiger partial charge >= 0.3 is 0 Å². The molecule has 38 heavy (non-hydrogen) atoms. The van der Waals surface area contributed by atoms with Crippen LogP contribution in [0.2, 0.25) is 0 Å². The number of nitrogens with one attached hydrogen (secondary N) is 3. The van der Waals surface area contributed by atoms with Crippen molar-refractivity contribution in [2.75, 3.05) is 27.9 Å². The average Bonchev–Trinajstić information content (AvgIpc) is 2.93. The molecule has 8 heteroatoms. The van der Waals surface area contributed by atoms with Gasteiger partial charge in [0.2, 0.25) is 0 Å². The molecule has 4 atom stereocenters. The number of amides is 1. The fourth-order valence-corrected chi connectivity index (χ4v) is 4.11. The third kappa shape index (κ3) is 9.28. The van der Waals surface area contributed by atoms with Crippen molar-refractivity contribution in [1.29, 1.82) is 0 Å². The quantitative estimate of drug-likeness (QED) is 0.187. The number of allylic oxidation sites excluding steroid dienone is 3. The second-order valence-corrected chi connectivity index (χ2v) is 9.41. The highest BCUT2D eigenvalue weighted by Gasteiger charge is 2.28. The molecule has 0 radical (unpaired) electrons. The summed E-state index contributed by atoms with van der Waals surface area (Å²) >= 11 is 5.54. The van der Waals surface area contributed by atoms with Crippen molar-refractivity contribution in [3.05, 3.63) is 95.5 Å². The van der Waals surface area contributed by atoms with Gasteiger partial charge in [0.25, 0.3) is 5.91 Å². The van der Waals surface area contributed by atoms with Crippen LogP contribution in [0.25, 0.3) is 0 Å². The van der Waals surface area contributed by atoms with Gasteiger partial charge in [-0.3, -0.25) is 4.79 Å². The number of carbonyl (C=O) groups is 1. The van der Waals surface area contributed by atoms with Gasteiger partial charge in [0, 0.05) is 38.1 Å². The predicted octanol–water partition coefficient (Wildman–Crippen LogP) is 4.91. The van der Waals surface area contributed by atoms with E-state index in [0.29, 0.717) is 23.0 Å². The van der Waals surface area contributed by atoms with Crippen molar-refractivity contribution in [3.63, 3.8) is 0 Å². The lowest BCUT2D eigenvalue weighted by atomic mass is 10.00. The zero-order chi connectivity index (χ0) is 28.1. The topological polar surface area (TPSA) is 80.9 Å². The summed E-state index contributed by atoms with van der Waals surface area (Å²) in [6.07, 6.45) is 12.0. The molecule has 0 aromatic heterocycles. The molecule has 1 aromatic carbocycles. The highest BCUT2D eigenvalue weighted by molar-refractivity contribution is 7.80. The summed E-state index contributed by atoms with van der Waals surface area (Å²) in [4.78, 5) is 12.8. The van der Waals surface area contributed by atoms with Gasteiger partial charge in [0.1, 0.15) is 18.0 Å². The zero-order valence-electron chi connectivity index (χ0n) is 23.2. The number of rotatable bonds is 13. The lowest BCUT2D eigenvalue weighted by Crippen LogP contribution is -2.38. The first-order valence-corrected chi connectivity index (χ1v) is 13.1. The molecule has 4 unspecified atom stereocenters. The maximum Gasteiger partial charge on any atom is 0.251 e. The van der Waals surface area contributed by atoms with Gasteiger partial charge in [-0.15, -0.1) is 6.58 Å². The monoisotopic (exact) mass is 539 g/mol. The van der Waals surface area contributed by atoms with Crippen molar-refractivity contribution in [3.8, 4) is 0 Å². The van der Waals surface area contributed by atoms with Crippen LogP contribution < -0.4 is 16.0 Å². The standard InChI is InChI=1S/C30H41N3O4S/c1-8-10-11-25(16-21(4)32-29(34)24-14-12-23(13-15-24)20(3)9-2)33-30(38)31-19-22-17-26(35-5)28(37-7)27(18-22)36-6/h9-18,20-21,26,28H,2,8,19H2,1,3-7H3,(H,32,34)(H2,31,33,38)/b11-10-,25-16+. The van der Waals surface area contributed by atoms with Crippen LogP contribution in [-0.2, 0) is 14.2 Å². The molecule has 0 saturated carbocycles. The van der Waals surface area contributed by atoms with E-state index in [1.807, 2.05) is 67.6 Å². The summed E-state index contributed by atoms with van der Waals surface area (Å²) in [6, 6.07) is 7.35. The van der Waals surface area contributed by atoms with Crippen LogP contribution in [0, 0.1) is 0 Å². The lowest BCUT2D eigenvalue weighted by Gasteiger charge is -2.28. The number of hydrogen-bond donors (Lipinski definition) is 3. The molecule has 0 heterocycles. The van der Waals surface area contributed by atoms with Crippen LogP contribution in [-0.4, -0.2) is 57.1 Å². The molecule has 3 N–H and O–H groups in total. The van der Waals surface area contributed by atoms with Gasteiger partial charge in [0.15, 0.2) is 5.11 Å². The van der Waals surface area contributed by atoms with E-state index in [1.165, 1.54) is 0 Å². The van der Waals surface area contributed by atoms with Crippen LogP contribution in [0.3, 0.4) is 0 Å². The Morgan fingerprint density at radius 2 is 1.87 bits per heavy atom. The van der Waals surface area contributed by atoms with E-state index in [-0.39, 0.29) is 30.1 Å². The Balaban J connectivity index is 2.02. The molecule has 0 fully saturated rings. The zero-order valence-corrected chi connectivity index (χ0v) is 24.1. The molecule has 1 aliphatic carbocycles. The van der Waals surface area contributed by atoms with E-state index >= 15 is 0 Å². The maximum absolute atomic E-state index is 12.8. The van der Waals surface area contributed by atoms with E-state index < -0.39 is 0 Å². The minimum atomic E-state index is -0.294. The second kappa shape index (κ2) is 15.9. The third-order valence-electron chi connectivity index (χ3n) is 6.13. The summed E-state index contributed by atoms with van der Waals surface area (Å²) in [7, 11) is 4.88. The summed E-state index contributed by atoms with van der Waals surface area (Å²) in [5.74, 6) is 0.790. The highest BCUT2D eigenvalue weighted by Crippen LogP contribution is 2.23. The molecule has 0 spiro atoms. The van der Waals surface area contributed by atoms with E-state index in [4.69, 9.17) is 26.4 Å². The molecule has 206 valence electrons. The molecule has 2 rings (SSSR count). The highest BCUT2D eigenvalue weighted by atomic mass is 32.1.